The van der Waals surface area contributed by atoms with Crippen molar-refractivity contribution in [3.05, 3.63) is 65.7 Å². The number of nitrogens with zero attached hydrogens (tertiary/aromatic N) is 2. The summed E-state index contributed by atoms with van der Waals surface area (Å²) in [6.07, 6.45) is 0. The first kappa shape index (κ1) is 17.9. The molecule has 26 heavy (non-hydrogen) atoms. The van der Waals surface area contributed by atoms with Crippen LogP contribution < -0.4 is 5.32 Å². The molecule has 0 fully saturated rings. The maximum atomic E-state index is 10.6. The molecule has 3 rings (SSSR count). The molecule has 0 saturated heterocycles. The van der Waals surface area contributed by atoms with Crippen LogP contribution in [-0.2, 0) is 6.54 Å². The van der Waals surface area contributed by atoms with Crippen LogP contribution in [0.4, 0.5) is 5.69 Å². The van der Waals surface area contributed by atoms with Gasteiger partial charge < -0.3 is 10.4 Å². The number of thioether (sulfide) groups is 1. The first-order chi connectivity index (χ1) is 12.6. The average Bonchev–Trinajstić information content (AvgIpc) is 2.68. The molecule has 3 aromatic carbocycles. The molecule has 6 heteroatoms. The van der Waals surface area contributed by atoms with E-state index in [1.54, 1.807) is 7.05 Å². The van der Waals surface area contributed by atoms with Crippen LogP contribution in [0.1, 0.15) is 11.1 Å². The highest BCUT2D eigenvalue weighted by Crippen LogP contribution is 2.40. The Hall–Kier alpha value is -2.86. The van der Waals surface area contributed by atoms with Gasteiger partial charge in [-0.2, -0.15) is 0 Å². The number of amidine groups is 1. The Morgan fingerprint density at radius 3 is 2.46 bits per heavy atom. The normalized spacial score (nSPS) is 11.5. The number of aryl methyl sites for hydroxylation is 1. The predicted octanol–water partition coefficient (Wildman–Crippen LogP) is 5.57. The number of aromatic hydroxyl groups is 1. The molecule has 0 spiro atoms. The topological polar surface area (TPSA) is 80.8 Å². The lowest BCUT2D eigenvalue weighted by atomic mass is 10.1. The Balaban J connectivity index is 1.98. The molecule has 0 atom stereocenters. The van der Waals surface area contributed by atoms with E-state index in [0.29, 0.717) is 16.6 Å². The molecule has 132 valence electrons. The monoisotopic (exact) mass is 364 g/mol. The lowest BCUT2D eigenvalue weighted by molar-refractivity contribution is 0.469. The number of phenolic OH excluding ortho intramolecular Hbond substituents is 1. The number of anilines is 1. The second-order valence-electron chi connectivity index (χ2n) is 5.88. The van der Waals surface area contributed by atoms with Gasteiger partial charge in [-0.3, -0.25) is 4.99 Å². The fourth-order valence-corrected chi connectivity index (χ4v) is 3.40. The zero-order chi connectivity index (χ0) is 18.5. The van der Waals surface area contributed by atoms with Crippen molar-refractivity contribution in [2.24, 2.45) is 10.1 Å². The molecule has 3 N–H and O–H groups in total. The van der Waals surface area contributed by atoms with Gasteiger partial charge in [0.25, 0.3) is 0 Å². The molecule has 0 unspecified atom stereocenters. The van der Waals surface area contributed by atoms with E-state index in [9.17, 15) is 5.11 Å². The molecule has 0 bridgehead atoms. The van der Waals surface area contributed by atoms with Crippen molar-refractivity contribution in [2.45, 2.75) is 18.4 Å². The van der Waals surface area contributed by atoms with Crippen molar-refractivity contribution in [2.75, 3.05) is 12.4 Å². The van der Waals surface area contributed by atoms with Crippen LogP contribution in [0.25, 0.3) is 10.8 Å². The summed E-state index contributed by atoms with van der Waals surface area (Å²) in [6.45, 7) is 2.75. The van der Waals surface area contributed by atoms with Crippen LogP contribution in [0.3, 0.4) is 0 Å². The highest BCUT2D eigenvalue weighted by molar-refractivity contribution is 8.14. The highest BCUT2D eigenvalue weighted by atomic mass is 32.2. The maximum Gasteiger partial charge on any atom is 0.208 e. The second kappa shape index (κ2) is 8.01. The number of aliphatic imine (C=N–C) groups is 1. The van der Waals surface area contributed by atoms with E-state index < -0.39 is 0 Å². The predicted molar refractivity (Wildman–Crippen MR) is 108 cm³/mol. The van der Waals surface area contributed by atoms with Gasteiger partial charge in [-0.05, 0) is 30.3 Å². The van der Waals surface area contributed by atoms with Crippen LogP contribution in [0.5, 0.6) is 5.75 Å². The Kier molecular flexibility index (Phi) is 5.53. The van der Waals surface area contributed by atoms with Gasteiger partial charge in [-0.15, -0.1) is 5.11 Å². The molecular weight excluding hydrogens is 344 g/mol. The molecule has 0 saturated carbocycles. The van der Waals surface area contributed by atoms with Gasteiger partial charge in [0.1, 0.15) is 5.75 Å². The molecule has 0 aromatic heterocycles. The fraction of sp³-hybridized carbons (Fsp3) is 0.150. The number of hydrogen-bond donors (Lipinski definition) is 3. The summed E-state index contributed by atoms with van der Waals surface area (Å²) in [5, 5.41) is 19.5. The Morgan fingerprint density at radius 2 is 1.81 bits per heavy atom. The first-order valence-electron chi connectivity index (χ1n) is 8.18. The molecule has 3 aromatic rings. The SMILES string of the molecule is CN=C(N=N)Sc1cc(NCc2ccc(C)cc2)c2ccccc2c1O. The fourth-order valence-electron chi connectivity index (χ4n) is 2.68. The summed E-state index contributed by atoms with van der Waals surface area (Å²) in [7, 11) is 1.58. The van der Waals surface area contributed by atoms with Gasteiger partial charge in [0.2, 0.25) is 5.17 Å². The number of rotatable bonds is 4. The zero-order valence-electron chi connectivity index (χ0n) is 14.7. The van der Waals surface area contributed by atoms with Crippen LogP contribution in [0.2, 0.25) is 0 Å². The summed E-state index contributed by atoms with van der Waals surface area (Å²) < 4.78 is 0. The summed E-state index contributed by atoms with van der Waals surface area (Å²) in [6, 6.07) is 18.0. The van der Waals surface area contributed by atoms with Gasteiger partial charge in [-0.1, -0.05) is 54.1 Å². The third-order valence-electron chi connectivity index (χ3n) is 4.07. The first-order valence-corrected chi connectivity index (χ1v) is 9.00. The maximum absolute atomic E-state index is 10.6. The van der Waals surface area contributed by atoms with E-state index in [2.05, 4.69) is 46.6 Å². The van der Waals surface area contributed by atoms with Gasteiger partial charge in [0, 0.05) is 30.1 Å². The summed E-state index contributed by atoms with van der Waals surface area (Å²) >= 11 is 1.17. The van der Waals surface area contributed by atoms with E-state index in [-0.39, 0.29) is 5.75 Å². The highest BCUT2D eigenvalue weighted by Gasteiger charge is 2.14. The van der Waals surface area contributed by atoms with Crippen molar-refractivity contribution in [3.8, 4) is 5.75 Å². The number of hydrogen-bond acceptors (Lipinski definition) is 5. The summed E-state index contributed by atoms with van der Waals surface area (Å²) in [5.41, 5.74) is 10.5. The van der Waals surface area contributed by atoms with E-state index in [4.69, 9.17) is 5.53 Å². The van der Waals surface area contributed by atoms with Crippen LogP contribution in [0, 0.1) is 12.5 Å². The van der Waals surface area contributed by atoms with Crippen LogP contribution in [-0.4, -0.2) is 17.3 Å². The van der Waals surface area contributed by atoms with Gasteiger partial charge in [-0.25, -0.2) is 5.53 Å². The van der Waals surface area contributed by atoms with Crippen LogP contribution >= 0.6 is 11.8 Å². The minimum Gasteiger partial charge on any atom is -0.506 e. The largest absolute Gasteiger partial charge is 0.506 e. The van der Waals surface area contributed by atoms with Crippen molar-refractivity contribution in [1.29, 1.82) is 5.53 Å². The molecular formula is C20H20N4OS. The Labute approximate surface area is 156 Å². The molecule has 0 aliphatic carbocycles. The number of benzene rings is 3. The van der Waals surface area contributed by atoms with Crippen molar-refractivity contribution >= 4 is 33.4 Å². The van der Waals surface area contributed by atoms with Crippen molar-refractivity contribution in [3.63, 3.8) is 0 Å². The standard InChI is InChI=1S/C20H20N4OS/c1-13-7-9-14(10-8-13)12-23-17-11-18(26-20(22-2)24-21)19(25)16-6-4-3-5-15(16)17/h3-11,21,23,25H,12H2,1-2H3. The molecule has 0 radical (unpaired) electrons. The quantitative estimate of drug-likeness (QED) is 0.186. The molecule has 0 aliphatic heterocycles. The Bertz CT molecular complexity index is 967. The molecule has 0 amide bonds. The lowest BCUT2D eigenvalue weighted by Crippen LogP contribution is -2.01. The minimum absolute atomic E-state index is 0.177. The third kappa shape index (κ3) is 3.86. The zero-order valence-corrected chi connectivity index (χ0v) is 15.5. The molecule has 0 heterocycles. The minimum atomic E-state index is 0.177. The molecule has 0 aliphatic rings. The van der Waals surface area contributed by atoms with Gasteiger partial charge in [0.05, 0.1) is 4.90 Å². The summed E-state index contributed by atoms with van der Waals surface area (Å²) in [4.78, 5) is 4.57. The van der Waals surface area contributed by atoms with Gasteiger partial charge in [0.15, 0.2) is 0 Å². The van der Waals surface area contributed by atoms with E-state index >= 15 is 0 Å². The van der Waals surface area contributed by atoms with E-state index in [1.807, 2.05) is 30.3 Å². The second-order valence-corrected chi connectivity index (χ2v) is 6.88. The lowest BCUT2D eigenvalue weighted by Gasteiger charge is -2.14. The van der Waals surface area contributed by atoms with E-state index in [0.717, 1.165) is 16.5 Å². The smallest absolute Gasteiger partial charge is 0.208 e. The number of fused-ring (bicyclic) bond motifs is 1. The average molecular weight is 364 g/mol. The van der Waals surface area contributed by atoms with Crippen molar-refractivity contribution < 1.29 is 5.11 Å². The third-order valence-corrected chi connectivity index (χ3v) is 5.06. The summed E-state index contributed by atoms with van der Waals surface area (Å²) in [5.74, 6) is 0.177. The van der Waals surface area contributed by atoms with E-state index in [1.165, 1.54) is 22.9 Å². The van der Waals surface area contributed by atoms with Crippen molar-refractivity contribution in [1.82, 2.24) is 0 Å². The van der Waals surface area contributed by atoms with Crippen LogP contribution in [0.15, 0.2) is 69.6 Å². The number of phenols is 1. The van der Waals surface area contributed by atoms with Gasteiger partial charge >= 0.3 is 0 Å². The molecule has 5 nitrogen and oxygen atoms in total. The number of nitrogens with one attached hydrogen (secondary N) is 2. The Morgan fingerprint density at radius 1 is 1.12 bits per heavy atom.